The first kappa shape index (κ1) is 12.7. The number of carboxylic acids is 1. The van der Waals surface area contributed by atoms with Crippen LogP contribution in [0.25, 0.3) is 0 Å². The predicted molar refractivity (Wildman–Crippen MR) is 63.5 cm³/mol. The van der Waals surface area contributed by atoms with Gasteiger partial charge in [-0.25, -0.2) is 0 Å². The molecule has 0 aliphatic heterocycles. The molecule has 0 saturated carbocycles. The van der Waals surface area contributed by atoms with Crippen molar-refractivity contribution in [3.63, 3.8) is 0 Å². The van der Waals surface area contributed by atoms with Gasteiger partial charge < -0.3 is 10.0 Å². The van der Waals surface area contributed by atoms with Crippen molar-refractivity contribution in [1.29, 1.82) is 0 Å². The van der Waals surface area contributed by atoms with Crippen molar-refractivity contribution in [2.75, 3.05) is 13.6 Å². The minimum Gasteiger partial charge on any atom is -0.480 e. The minimum atomic E-state index is -1.03. The number of benzene rings is 1. The molecule has 5 heteroatoms. The van der Waals surface area contributed by atoms with Crippen LogP contribution in [0.5, 0.6) is 0 Å². The van der Waals surface area contributed by atoms with Gasteiger partial charge in [-0.15, -0.1) is 0 Å². The number of rotatable bonds is 3. The van der Waals surface area contributed by atoms with Gasteiger partial charge in [0.05, 0.1) is 5.56 Å². The first-order valence-corrected chi connectivity index (χ1v) is 5.45. The van der Waals surface area contributed by atoms with Gasteiger partial charge in [0.25, 0.3) is 5.91 Å². The van der Waals surface area contributed by atoms with Crippen LogP contribution >= 0.6 is 15.9 Å². The molecule has 0 radical (unpaired) electrons. The highest BCUT2D eigenvalue weighted by Gasteiger charge is 2.17. The molecule has 0 saturated heterocycles. The van der Waals surface area contributed by atoms with Crippen molar-refractivity contribution in [3.8, 4) is 0 Å². The Kier molecular flexibility index (Phi) is 4.06. The monoisotopic (exact) mass is 285 g/mol. The third kappa shape index (κ3) is 2.82. The van der Waals surface area contributed by atoms with Crippen LogP contribution in [-0.2, 0) is 4.79 Å². The molecule has 0 unspecified atom stereocenters. The summed E-state index contributed by atoms with van der Waals surface area (Å²) in [5.74, 6) is -1.34. The molecule has 0 fully saturated rings. The highest BCUT2D eigenvalue weighted by Crippen LogP contribution is 2.22. The second-order valence-corrected chi connectivity index (χ2v) is 4.28. The van der Waals surface area contributed by atoms with Crippen molar-refractivity contribution in [2.24, 2.45) is 0 Å². The van der Waals surface area contributed by atoms with E-state index in [0.717, 1.165) is 5.56 Å². The maximum Gasteiger partial charge on any atom is 0.323 e. The van der Waals surface area contributed by atoms with E-state index < -0.39 is 5.97 Å². The minimum absolute atomic E-state index is 0.306. The van der Waals surface area contributed by atoms with Crippen molar-refractivity contribution < 1.29 is 14.7 Å². The van der Waals surface area contributed by atoms with Crippen LogP contribution in [0.4, 0.5) is 0 Å². The topological polar surface area (TPSA) is 57.6 Å². The molecule has 0 aliphatic rings. The molecule has 1 aromatic rings. The Morgan fingerprint density at radius 3 is 2.62 bits per heavy atom. The molecule has 1 rings (SSSR count). The molecule has 0 spiro atoms. The molecule has 0 atom stereocenters. The van der Waals surface area contributed by atoms with E-state index in [0.29, 0.717) is 10.0 Å². The van der Waals surface area contributed by atoms with Crippen LogP contribution < -0.4 is 0 Å². The number of hydrogen-bond acceptors (Lipinski definition) is 2. The lowest BCUT2D eigenvalue weighted by Gasteiger charge is -2.16. The largest absolute Gasteiger partial charge is 0.480 e. The van der Waals surface area contributed by atoms with Gasteiger partial charge in [0.2, 0.25) is 0 Å². The zero-order valence-corrected chi connectivity index (χ0v) is 10.6. The summed E-state index contributed by atoms with van der Waals surface area (Å²) in [4.78, 5) is 23.5. The first-order valence-electron chi connectivity index (χ1n) is 4.66. The second kappa shape index (κ2) is 5.12. The van der Waals surface area contributed by atoms with Gasteiger partial charge in [0.15, 0.2) is 0 Å². The smallest absolute Gasteiger partial charge is 0.323 e. The summed E-state index contributed by atoms with van der Waals surface area (Å²) in [6, 6.07) is 5.30. The van der Waals surface area contributed by atoms with E-state index in [2.05, 4.69) is 15.9 Å². The Balaban J connectivity index is 2.96. The van der Waals surface area contributed by atoms with Crippen LogP contribution in [-0.4, -0.2) is 35.5 Å². The van der Waals surface area contributed by atoms with Gasteiger partial charge in [-0.2, -0.15) is 0 Å². The average Bonchev–Trinajstić information content (AvgIpc) is 2.20. The van der Waals surface area contributed by atoms with E-state index in [1.54, 1.807) is 12.1 Å². The molecular weight excluding hydrogens is 274 g/mol. The Bertz CT molecular complexity index is 431. The Labute approximate surface area is 102 Å². The molecule has 0 aliphatic carbocycles. The summed E-state index contributed by atoms with van der Waals surface area (Å²) in [5, 5.41) is 8.60. The molecule has 1 aromatic carbocycles. The fourth-order valence-electron chi connectivity index (χ4n) is 1.29. The number of likely N-dealkylation sites (N-methyl/N-ethyl adjacent to an activating group) is 1. The maximum atomic E-state index is 11.9. The summed E-state index contributed by atoms with van der Waals surface area (Å²) >= 11 is 3.32. The highest BCUT2D eigenvalue weighted by atomic mass is 79.9. The summed E-state index contributed by atoms with van der Waals surface area (Å²) in [6.45, 7) is 1.57. The van der Waals surface area contributed by atoms with Gasteiger partial charge in [-0.05, 0) is 34.5 Å². The van der Waals surface area contributed by atoms with Crippen molar-refractivity contribution >= 4 is 27.8 Å². The average molecular weight is 286 g/mol. The summed E-state index contributed by atoms with van der Waals surface area (Å²) in [5.41, 5.74) is 1.42. The number of carbonyl (C=O) groups is 2. The fraction of sp³-hybridized carbons (Fsp3) is 0.273. The normalized spacial score (nSPS) is 9.94. The third-order valence-electron chi connectivity index (χ3n) is 2.14. The van der Waals surface area contributed by atoms with Crippen molar-refractivity contribution in [3.05, 3.63) is 33.8 Å². The number of hydrogen-bond donors (Lipinski definition) is 1. The lowest BCUT2D eigenvalue weighted by molar-refractivity contribution is -0.137. The molecule has 0 heterocycles. The molecule has 1 amide bonds. The van der Waals surface area contributed by atoms with Gasteiger partial charge in [-0.3, -0.25) is 9.59 Å². The molecule has 0 aromatic heterocycles. The van der Waals surface area contributed by atoms with E-state index >= 15 is 0 Å². The van der Waals surface area contributed by atoms with E-state index in [9.17, 15) is 9.59 Å². The number of aryl methyl sites for hydroxylation is 1. The quantitative estimate of drug-likeness (QED) is 0.923. The van der Waals surface area contributed by atoms with E-state index in [-0.39, 0.29) is 12.5 Å². The molecular formula is C11H12BrNO3. The number of carboxylic acid groups (broad SMARTS) is 1. The SMILES string of the molecule is Cc1cccc(C(=O)N(C)CC(=O)O)c1Br. The molecule has 86 valence electrons. The zero-order valence-electron chi connectivity index (χ0n) is 9.03. The zero-order chi connectivity index (χ0) is 12.3. The fourth-order valence-corrected chi connectivity index (χ4v) is 1.73. The summed E-state index contributed by atoms with van der Waals surface area (Å²) in [7, 11) is 1.46. The molecule has 4 nitrogen and oxygen atoms in total. The standard InChI is InChI=1S/C11H12BrNO3/c1-7-4-3-5-8(10(7)12)11(16)13(2)6-9(14)15/h3-5H,6H2,1-2H3,(H,14,15). The predicted octanol–water partition coefficient (Wildman–Crippen LogP) is 1.91. The molecule has 1 N–H and O–H groups in total. The molecule has 16 heavy (non-hydrogen) atoms. The first-order chi connectivity index (χ1) is 7.43. The number of nitrogens with zero attached hydrogens (tertiary/aromatic N) is 1. The van der Waals surface area contributed by atoms with Crippen LogP contribution in [0, 0.1) is 6.92 Å². The van der Waals surface area contributed by atoms with E-state index in [4.69, 9.17) is 5.11 Å². The number of halogens is 1. The van der Waals surface area contributed by atoms with Gasteiger partial charge in [-0.1, -0.05) is 12.1 Å². The van der Waals surface area contributed by atoms with Crippen molar-refractivity contribution in [2.45, 2.75) is 6.92 Å². The van der Waals surface area contributed by atoms with Gasteiger partial charge in [0.1, 0.15) is 6.54 Å². The van der Waals surface area contributed by atoms with Crippen LogP contribution in [0.1, 0.15) is 15.9 Å². The summed E-state index contributed by atoms with van der Waals surface area (Å²) in [6.07, 6.45) is 0. The molecule has 0 bridgehead atoms. The van der Waals surface area contributed by atoms with Crippen LogP contribution in [0.2, 0.25) is 0 Å². The van der Waals surface area contributed by atoms with E-state index in [1.807, 2.05) is 13.0 Å². The second-order valence-electron chi connectivity index (χ2n) is 3.49. The number of aliphatic carboxylic acids is 1. The third-order valence-corrected chi connectivity index (χ3v) is 3.19. The van der Waals surface area contributed by atoms with E-state index in [1.165, 1.54) is 11.9 Å². The Morgan fingerprint density at radius 1 is 1.44 bits per heavy atom. The number of carbonyl (C=O) groups excluding carboxylic acids is 1. The van der Waals surface area contributed by atoms with Gasteiger partial charge >= 0.3 is 5.97 Å². The maximum absolute atomic E-state index is 11.9. The van der Waals surface area contributed by atoms with Crippen molar-refractivity contribution in [1.82, 2.24) is 4.90 Å². The van der Waals surface area contributed by atoms with Crippen LogP contribution in [0.15, 0.2) is 22.7 Å². The summed E-state index contributed by atoms with van der Waals surface area (Å²) < 4.78 is 0.706. The number of amides is 1. The lowest BCUT2D eigenvalue weighted by atomic mass is 10.1. The Hall–Kier alpha value is -1.36. The van der Waals surface area contributed by atoms with Crippen LogP contribution in [0.3, 0.4) is 0 Å². The van der Waals surface area contributed by atoms with Gasteiger partial charge in [0, 0.05) is 11.5 Å². The lowest BCUT2D eigenvalue weighted by Crippen LogP contribution is -2.32. The highest BCUT2D eigenvalue weighted by molar-refractivity contribution is 9.10. The Morgan fingerprint density at radius 2 is 2.06 bits per heavy atom.